The van der Waals surface area contributed by atoms with Crippen molar-refractivity contribution >= 4 is 0 Å². The van der Waals surface area contributed by atoms with Crippen molar-refractivity contribution in [2.75, 3.05) is 13.2 Å². The van der Waals surface area contributed by atoms with Gasteiger partial charge in [0.2, 0.25) is 0 Å². The maximum absolute atomic E-state index is 6.01. The van der Waals surface area contributed by atoms with E-state index in [-0.39, 0.29) is 5.60 Å². The molecular weight excluding hydrogens is 258 g/mol. The Labute approximate surface area is 130 Å². The van der Waals surface area contributed by atoms with Gasteiger partial charge >= 0.3 is 0 Å². The van der Waals surface area contributed by atoms with Gasteiger partial charge in [-0.3, -0.25) is 0 Å². The standard InChI is InChI=1S/C19H31NO/c1-5-20-17(14-21-19(2,3)4)13-16-11-8-10-15-9-6-7-12-18(15)16/h6-7,9,12,16-17,20H,5,8,10-11,13-14H2,1-4H3. The highest BCUT2D eigenvalue weighted by Crippen LogP contribution is 2.34. The van der Waals surface area contributed by atoms with Gasteiger partial charge in [-0.15, -0.1) is 0 Å². The fraction of sp³-hybridized carbons (Fsp3) is 0.684. The van der Waals surface area contributed by atoms with Crippen LogP contribution in [0, 0.1) is 0 Å². The third-order valence-corrected chi connectivity index (χ3v) is 4.27. The summed E-state index contributed by atoms with van der Waals surface area (Å²) in [6.45, 7) is 10.4. The Balaban J connectivity index is 2.00. The van der Waals surface area contributed by atoms with Crippen LogP contribution in [0.3, 0.4) is 0 Å². The van der Waals surface area contributed by atoms with Crippen LogP contribution < -0.4 is 5.32 Å². The van der Waals surface area contributed by atoms with Crippen LogP contribution in [0.15, 0.2) is 24.3 Å². The third kappa shape index (κ3) is 5.12. The fourth-order valence-corrected chi connectivity index (χ4v) is 3.29. The van der Waals surface area contributed by atoms with Crippen LogP contribution in [0.4, 0.5) is 0 Å². The highest BCUT2D eigenvalue weighted by atomic mass is 16.5. The molecule has 0 heterocycles. The SMILES string of the molecule is CCNC(COC(C)(C)C)CC1CCCc2ccccc21. The molecule has 2 unspecified atom stereocenters. The largest absolute Gasteiger partial charge is 0.374 e. The number of likely N-dealkylation sites (N-methyl/N-ethyl adjacent to an activating group) is 1. The second-order valence-corrected chi connectivity index (χ2v) is 7.20. The molecule has 0 amide bonds. The monoisotopic (exact) mass is 289 g/mol. The number of aryl methyl sites for hydroxylation is 1. The van der Waals surface area contributed by atoms with Crippen LogP contribution in [0.2, 0.25) is 0 Å². The Bertz CT molecular complexity index is 435. The molecule has 1 aliphatic rings. The van der Waals surface area contributed by atoms with Gasteiger partial charge in [-0.1, -0.05) is 31.2 Å². The Kier molecular flexibility index (Phi) is 5.83. The van der Waals surface area contributed by atoms with E-state index >= 15 is 0 Å². The zero-order valence-corrected chi connectivity index (χ0v) is 14.1. The van der Waals surface area contributed by atoms with Crippen LogP contribution in [-0.2, 0) is 11.2 Å². The summed E-state index contributed by atoms with van der Waals surface area (Å²) >= 11 is 0. The number of benzene rings is 1. The molecule has 0 aliphatic heterocycles. The van der Waals surface area contributed by atoms with Gasteiger partial charge in [0.1, 0.15) is 0 Å². The molecule has 1 aromatic carbocycles. The van der Waals surface area contributed by atoms with Crippen molar-refractivity contribution in [2.24, 2.45) is 0 Å². The molecule has 1 N–H and O–H groups in total. The van der Waals surface area contributed by atoms with Gasteiger partial charge in [0.15, 0.2) is 0 Å². The van der Waals surface area contributed by atoms with Crippen molar-refractivity contribution in [1.29, 1.82) is 0 Å². The average molecular weight is 289 g/mol. The summed E-state index contributed by atoms with van der Waals surface area (Å²) in [4.78, 5) is 0. The Morgan fingerprint density at radius 1 is 1.29 bits per heavy atom. The minimum atomic E-state index is -0.0574. The molecule has 2 heteroatoms. The fourth-order valence-electron chi connectivity index (χ4n) is 3.29. The first-order chi connectivity index (χ1) is 9.99. The van der Waals surface area contributed by atoms with E-state index in [0.717, 1.165) is 13.2 Å². The van der Waals surface area contributed by atoms with Crippen LogP contribution >= 0.6 is 0 Å². The van der Waals surface area contributed by atoms with Gasteiger partial charge in [0, 0.05) is 6.04 Å². The predicted molar refractivity (Wildman–Crippen MR) is 89.9 cm³/mol. The molecule has 0 bridgehead atoms. The lowest BCUT2D eigenvalue weighted by molar-refractivity contribution is -0.0162. The molecule has 0 radical (unpaired) electrons. The number of rotatable bonds is 6. The summed E-state index contributed by atoms with van der Waals surface area (Å²) in [7, 11) is 0. The van der Waals surface area contributed by atoms with E-state index in [1.165, 1.54) is 25.7 Å². The van der Waals surface area contributed by atoms with E-state index < -0.39 is 0 Å². The van der Waals surface area contributed by atoms with E-state index in [0.29, 0.717) is 12.0 Å². The summed E-state index contributed by atoms with van der Waals surface area (Å²) in [6, 6.07) is 9.43. The Morgan fingerprint density at radius 2 is 2.05 bits per heavy atom. The van der Waals surface area contributed by atoms with Crippen LogP contribution in [0.1, 0.15) is 64.0 Å². The highest BCUT2D eigenvalue weighted by molar-refractivity contribution is 5.32. The molecule has 0 aromatic heterocycles. The Hall–Kier alpha value is -0.860. The van der Waals surface area contributed by atoms with E-state index in [2.05, 4.69) is 57.3 Å². The quantitative estimate of drug-likeness (QED) is 0.843. The van der Waals surface area contributed by atoms with Crippen molar-refractivity contribution in [3.05, 3.63) is 35.4 Å². The van der Waals surface area contributed by atoms with Crippen LogP contribution in [0.5, 0.6) is 0 Å². The van der Waals surface area contributed by atoms with Crippen molar-refractivity contribution in [1.82, 2.24) is 5.32 Å². The van der Waals surface area contributed by atoms with Crippen molar-refractivity contribution in [3.63, 3.8) is 0 Å². The van der Waals surface area contributed by atoms with Gasteiger partial charge in [0.25, 0.3) is 0 Å². The number of hydrogen-bond donors (Lipinski definition) is 1. The number of ether oxygens (including phenoxy) is 1. The van der Waals surface area contributed by atoms with E-state index in [9.17, 15) is 0 Å². The first-order valence-corrected chi connectivity index (χ1v) is 8.44. The minimum Gasteiger partial charge on any atom is -0.374 e. The molecule has 1 aromatic rings. The van der Waals surface area contributed by atoms with Gasteiger partial charge in [-0.2, -0.15) is 0 Å². The van der Waals surface area contributed by atoms with E-state index in [1.807, 2.05) is 0 Å². The topological polar surface area (TPSA) is 21.3 Å². The maximum Gasteiger partial charge on any atom is 0.0626 e. The summed E-state index contributed by atoms with van der Waals surface area (Å²) in [5, 5.41) is 3.61. The summed E-state index contributed by atoms with van der Waals surface area (Å²) < 4.78 is 6.01. The molecule has 2 atom stereocenters. The zero-order valence-electron chi connectivity index (χ0n) is 14.1. The molecule has 118 valence electrons. The summed E-state index contributed by atoms with van der Waals surface area (Å²) in [5.74, 6) is 0.683. The first-order valence-electron chi connectivity index (χ1n) is 8.44. The van der Waals surface area contributed by atoms with Gasteiger partial charge in [-0.05, 0) is 70.0 Å². The number of hydrogen-bond acceptors (Lipinski definition) is 2. The molecular formula is C19H31NO. The lowest BCUT2D eigenvalue weighted by Gasteiger charge is -2.31. The smallest absolute Gasteiger partial charge is 0.0626 e. The molecule has 21 heavy (non-hydrogen) atoms. The molecule has 0 spiro atoms. The number of fused-ring (bicyclic) bond motifs is 1. The minimum absolute atomic E-state index is 0.0574. The third-order valence-electron chi connectivity index (χ3n) is 4.27. The zero-order chi connectivity index (χ0) is 15.3. The lowest BCUT2D eigenvalue weighted by Crippen LogP contribution is -2.38. The summed E-state index contributed by atoms with van der Waals surface area (Å²) in [5.41, 5.74) is 3.07. The molecule has 2 rings (SSSR count). The maximum atomic E-state index is 6.01. The second-order valence-electron chi connectivity index (χ2n) is 7.20. The molecule has 0 fully saturated rings. The van der Waals surface area contributed by atoms with Gasteiger partial charge < -0.3 is 10.1 Å². The summed E-state index contributed by atoms with van der Waals surface area (Å²) in [6.07, 6.45) is 5.06. The Morgan fingerprint density at radius 3 is 2.76 bits per heavy atom. The van der Waals surface area contributed by atoms with Crippen molar-refractivity contribution in [2.45, 2.75) is 70.9 Å². The highest BCUT2D eigenvalue weighted by Gasteiger charge is 2.24. The van der Waals surface area contributed by atoms with Crippen molar-refractivity contribution in [3.8, 4) is 0 Å². The van der Waals surface area contributed by atoms with E-state index in [4.69, 9.17) is 4.74 Å². The van der Waals surface area contributed by atoms with Gasteiger partial charge in [-0.25, -0.2) is 0 Å². The lowest BCUT2D eigenvalue weighted by atomic mass is 9.79. The average Bonchev–Trinajstić information content (AvgIpc) is 2.44. The van der Waals surface area contributed by atoms with E-state index in [1.54, 1.807) is 11.1 Å². The molecule has 0 saturated carbocycles. The predicted octanol–water partition coefficient (Wildman–Crippen LogP) is 4.29. The normalized spacial score (nSPS) is 20.1. The molecule has 0 saturated heterocycles. The van der Waals surface area contributed by atoms with Crippen molar-refractivity contribution < 1.29 is 4.74 Å². The van der Waals surface area contributed by atoms with Crippen LogP contribution in [-0.4, -0.2) is 24.8 Å². The first kappa shape index (κ1) is 16.5. The molecule has 2 nitrogen and oxygen atoms in total. The van der Waals surface area contributed by atoms with Gasteiger partial charge in [0.05, 0.1) is 12.2 Å². The number of nitrogens with one attached hydrogen (secondary N) is 1. The second kappa shape index (κ2) is 7.42. The van der Waals surface area contributed by atoms with Crippen LogP contribution in [0.25, 0.3) is 0 Å². The molecule has 1 aliphatic carbocycles.